The Bertz CT molecular complexity index is 710. The zero-order valence-electron chi connectivity index (χ0n) is 10.7. The summed E-state index contributed by atoms with van der Waals surface area (Å²) in [6.45, 7) is 4.08. The second-order valence-corrected chi connectivity index (χ2v) is 4.46. The molecule has 0 amide bonds. The Labute approximate surface area is 110 Å². The SMILES string of the molecule is Cc1c(C#N)c(N)n(-c2ccc3c(c2)OCO3)c1C. The second-order valence-electron chi connectivity index (χ2n) is 4.46. The lowest BCUT2D eigenvalue weighted by Gasteiger charge is -2.09. The summed E-state index contributed by atoms with van der Waals surface area (Å²) in [5.41, 5.74) is 9.30. The van der Waals surface area contributed by atoms with Crippen molar-refractivity contribution in [3.63, 3.8) is 0 Å². The van der Waals surface area contributed by atoms with Gasteiger partial charge in [0.1, 0.15) is 11.9 Å². The fourth-order valence-electron chi connectivity index (χ4n) is 2.33. The number of nitriles is 1. The number of ether oxygens (including phenoxy) is 2. The number of anilines is 1. The molecule has 0 saturated carbocycles. The third-order valence-corrected chi connectivity index (χ3v) is 3.48. The maximum atomic E-state index is 9.15. The first-order valence-corrected chi connectivity index (χ1v) is 5.91. The van der Waals surface area contributed by atoms with Gasteiger partial charge in [0.15, 0.2) is 11.5 Å². The molecule has 0 spiro atoms. The molecule has 0 unspecified atom stereocenters. The number of nitrogens with zero attached hydrogens (tertiary/aromatic N) is 2. The van der Waals surface area contributed by atoms with E-state index in [1.165, 1.54) is 0 Å². The first-order valence-electron chi connectivity index (χ1n) is 5.91. The van der Waals surface area contributed by atoms with Crippen LogP contribution in [0, 0.1) is 25.2 Å². The van der Waals surface area contributed by atoms with Crippen LogP contribution in [0.25, 0.3) is 5.69 Å². The lowest BCUT2D eigenvalue weighted by molar-refractivity contribution is 0.174. The van der Waals surface area contributed by atoms with Crippen LogP contribution in [0.4, 0.5) is 5.82 Å². The summed E-state index contributed by atoms with van der Waals surface area (Å²) in [5, 5.41) is 9.15. The average Bonchev–Trinajstić information content (AvgIpc) is 2.94. The molecular formula is C14H13N3O2. The van der Waals surface area contributed by atoms with Crippen LogP contribution in [-0.2, 0) is 0 Å². The standard InChI is InChI=1S/C14H13N3O2/c1-8-9(2)17(14(16)11(8)6-15)10-3-4-12-13(5-10)19-7-18-12/h3-5H,7,16H2,1-2H3. The largest absolute Gasteiger partial charge is 0.454 e. The number of rotatable bonds is 1. The van der Waals surface area contributed by atoms with Crippen molar-refractivity contribution in [2.45, 2.75) is 13.8 Å². The number of hydrogen-bond acceptors (Lipinski definition) is 4. The second kappa shape index (κ2) is 3.95. The van der Waals surface area contributed by atoms with E-state index in [4.69, 9.17) is 20.5 Å². The number of aromatic nitrogens is 1. The normalized spacial score (nSPS) is 12.5. The van der Waals surface area contributed by atoms with Crippen molar-refractivity contribution in [3.8, 4) is 23.3 Å². The van der Waals surface area contributed by atoms with Gasteiger partial charge in [0.2, 0.25) is 6.79 Å². The maximum Gasteiger partial charge on any atom is 0.231 e. The molecule has 3 rings (SSSR count). The minimum Gasteiger partial charge on any atom is -0.454 e. The van der Waals surface area contributed by atoms with Crippen LogP contribution in [0.5, 0.6) is 11.5 Å². The first kappa shape index (κ1) is 11.5. The predicted octanol–water partition coefficient (Wildman–Crippen LogP) is 2.28. The van der Waals surface area contributed by atoms with Crippen molar-refractivity contribution in [2.24, 2.45) is 0 Å². The average molecular weight is 255 g/mol. The van der Waals surface area contributed by atoms with Crippen molar-refractivity contribution in [2.75, 3.05) is 12.5 Å². The summed E-state index contributed by atoms with van der Waals surface area (Å²) in [5.74, 6) is 1.88. The van der Waals surface area contributed by atoms with E-state index in [9.17, 15) is 0 Å². The highest BCUT2D eigenvalue weighted by Gasteiger charge is 2.19. The molecule has 0 atom stereocenters. The molecular weight excluding hydrogens is 242 g/mol. The van der Waals surface area contributed by atoms with Crippen LogP contribution >= 0.6 is 0 Å². The number of nitrogen functional groups attached to an aromatic ring is 1. The molecule has 19 heavy (non-hydrogen) atoms. The predicted molar refractivity (Wildman–Crippen MR) is 70.5 cm³/mol. The van der Waals surface area contributed by atoms with E-state index in [0.717, 1.165) is 22.7 Å². The van der Waals surface area contributed by atoms with E-state index in [1.54, 1.807) is 0 Å². The van der Waals surface area contributed by atoms with Gasteiger partial charge in [0.25, 0.3) is 0 Å². The molecule has 0 radical (unpaired) electrons. The Morgan fingerprint density at radius 1 is 1.26 bits per heavy atom. The molecule has 2 N–H and O–H groups in total. The Morgan fingerprint density at radius 2 is 2.00 bits per heavy atom. The monoisotopic (exact) mass is 255 g/mol. The van der Waals surface area contributed by atoms with Gasteiger partial charge in [-0.15, -0.1) is 0 Å². The molecule has 5 nitrogen and oxygen atoms in total. The van der Waals surface area contributed by atoms with Gasteiger partial charge < -0.3 is 15.2 Å². The Kier molecular flexibility index (Phi) is 2.39. The molecule has 0 bridgehead atoms. The quantitative estimate of drug-likeness (QED) is 0.848. The molecule has 1 aromatic carbocycles. The lowest BCUT2D eigenvalue weighted by atomic mass is 10.2. The van der Waals surface area contributed by atoms with Crippen molar-refractivity contribution in [3.05, 3.63) is 35.0 Å². The number of nitrogens with two attached hydrogens (primary N) is 1. The molecule has 0 saturated heterocycles. The molecule has 1 aliphatic rings. The fourth-order valence-corrected chi connectivity index (χ4v) is 2.33. The Hall–Kier alpha value is -2.61. The van der Waals surface area contributed by atoms with Crippen LogP contribution in [-0.4, -0.2) is 11.4 Å². The topological polar surface area (TPSA) is 73.2 Å². The van der Waals surface area contributed by atoms with Gasteiger partial charge in [-0.1, -0.05) is 0 Å². The molecule has 96 valence electrons. The van der Waals surface area contributed by atoms with Crippen molar-refractivity contribution in [1.29, 1.82) is 5.26 Å². The molecule has 1 aromatic heterocycles. The van der Waals surface area contributed by atoms with Gasteiger partial charge in [-0.2, -0.15) is 5.26 Å². The molecule has 0 aliphatic carbocycles. The van der Waals surface area contributed by atoms with E-state index in [2.05, 4.69) is 6.07 Å². The summed E-state index contributed by atoms with van der Waals surface area (Å²) >= 11 is 0. The zero-order chi connectivity index (χ0) is 13.6. The van der Waals surface area contributed by atoms with Crippen LogP contribution in [0.3, 0.4) is 0 Å². The maximum absolute atomic E-state index is 9.15. The minimum absolute atomic E-state index is 0.238. The summed E-state index contributed by atoms with van der Waals surface area (Å²) in [7, 11) is 0. The van der Waals surface area contributed by atoms with E-state index in [1.807, 2.05) is 36.6 Å². The summed E-state index contributed by atoms with van der Waals surface area (Å²) in [4.78, 5) is 0. The highest BCUT2D eigenvalue weighted by Crippen LogP contribution is 2.36. The molecule has 1 aliphatic heterocycles. The van der Waals surface area contributed by atoms with Gasteiger partial charge in [-0.25, -0.2) is 0 Å². The van der Waals surface area contributed by atoms with Gasteiger partial charge in [-0.3, -0.25) is 4.57 Å². The van der Waals surface area contributed by atoms with Crippen LogP contribution in [0.15, 0.2) is 18.2 Å². The van der Waals surface area contributed by atoms with Crippen molar-refractivity contribution >= 4 is 5.82 Å². The molecule has 0 fully saturated rings. The van der Waals surface area contributed by atoms with Crippen LogP contribution in [0.2, 0.25) is 0 Å². The summed E-state index contributed by atoms with van der Waals surface area (Å²) < 4.78 is 12.5. The Morgan fingerprint density at radius 3 is 2.68 bits per heavy atom. The zero-order valence-corrected chi connectivity index (χ0v) is 10.7. The van der Waals surface area contributed by atoms with Gasteiger partial charge >= 0.3 is 0 Å². The van der Waals surface area contributed by atoms with E-state index in [0.29, 0.717) is 17.1 Å². The van der Waals surface area contributed by atoms with Crippen LogP contribution in [0.1, 0.15) is 16.8 Å². The molecule has 2 aromatic rings. The minimum atomic E-state index is 0.238. The third-order valence-electron chi connectivity index (χ3n) is 3.48. The number of benzene rings is 1. The highest BCUT2D eigenvalue weighted by atomic mass is 16.7. The van der Waals surface area contributed by atoms with Crippen molar-refractivity contribution in [1.82, 2.24) is 4.57 Å². The molecule has 2 heterocycles. The van der Waals surface area contributed by atoms with E-state index in [-0.39, 0.29) is 6.79 Å². The smallest absolute Gasteiger partial charge is 0.231 e. The van der Waals surface area contributed by atoms with E-state index >= 15 is 0 Å². The summed E-state index contributed by atoms with van der Waals surface area (Å²) in [6, 6.07) is 7.76. The number of fused-ring (bicyclic) bond motifs is 1. The van der Waals surface area contributed by atoms with E-state index < -0.39 is 0 Å². The van der Waals surface area contributed by atoms with Gasteiger partial charge in [-0.05, 0) is 31.5 Å². The van der Waals surface area contributed by atoms with Crippen molar-refractivity contribution < 1.29 is 9.47 Å². The first-order chi connectivity index (χ1) is 9.13. The lowest BCUT2D eigenvalue weighted by Crippen LogP contribution is -2.02. The molecule has 5 heteroatoms. The number of hydrogen-bond donors (Lipinski definition) is 1. The van der Waals surface area contributed by atoms with Gasteiger partial charge in [0.05, 0.1) is 11.3 Å². The highest BCUT2D eigenvalue weighted by molar-refractivity contribution is 5.63. The van der Waals surface area contributed by atoms with Gasteiger partial charge in [0, 0.05) is 11.8 Å². The third kappa shape index (κ3) is 1.54. The fraction of sp³-hybridized carbons (Fsp3) is 0.214. The Balaban J connectivity index is 2.21. The van der Waals surface area contributed by atoms with Crippen LogP contribution < -0.4 is 15.2 Å². The summed E-state index contributed by atoms with van der Waals surface area (Å²) in [6.07, 6.45) is 0.